The Kier molecular flexibility index (Phi) is 4.99. The lowest BCUT2D eigenvalue weighted by Gasteiger charge is -2.06. The van der Waals surface area contributed by atoms with Crippen LogP contribution in [0.25, 0.3) is 11.5 Å². The minimum absolute atomic E-state index is 0.0319. The molecule has 1 amide bonds. The van der Waals surface area contributed by atoms with Crippen LogP contribution in [0.2, 0.25) is 10.0 Å². The van der Waals surface area contributed by atoms with E-state index in [1.165, 1.54) is 18.2 Å². The molecule has 0 fully saturated rings. The molecule has 3 aromatic rings. The van der Waals surface area contributed by atoms with Crippen LogP contribution in [0.1, 0.15) is 10.4 Å². The largest absolute Gasteiger partial charge is 0.403 e. The fraction of sp³-hybridized carbons (Fsp3) is 0.0625. The molecule has 0 aliphatic carbocycles. The van der Waals surface area contributed by atoms with Gasteiger partial charge in [-0.25, -0.2) is 8.42 Å². The number of rotatable bonds is 4. The van der Waals surface area contributed by atoms with Crippen LogP contribution in [-0.4, -0.2) is 30.8 Å². The van der Waals surface area contributed by atoms with E-state index in [0.717, 1.165) is 6.26 Å². The lowest BCUT2D eigenvalue weighted by Crippen LogP contribution is -2.16. The van der Waals surface area contributed by atoms with Crippen molar-refractivity contribution in [1.82, 2.24) is 10.2 Å². The maximum atomic E-state index is 12.4. The number of anilines is 1. The SMILES string of the molecule is CS(=O)(=O)c1ccccc1C(=O)Nc1nnc(-c2cc(Cl)ccc2Cl)o1. The molecule has 134 valence electrons. The van der Waals surface area contributed by atoms with Gasteiger partial charge in [-0.1, -0.05) is 40.4 Å². The molecule has 1 heterocycles. The number of benzene rings is 2. The molecule has 0 saturated carbocycles. The van der Waals surface area contributed by atoms with Crippen molar-refractivity contribution in [2.75, 3.05) is 11.6 Å². The Bertz CT molecular complexity index is 1100. The maximum absolute atomic E-state index is 12.4. The number of nitrogens with zero attached hydrogens (tertiary/aromatic N) is 2. The van der Waals surface area contributed by atoms with Gasteiger partial charge in [0.05, 0.1) is 21.0 Å². The van der Waals surface area contributed by atoms with Gasteiger partial charge in [-0.3, -0.25) is 10.1 Å². The lowest BCUT2D eigenvalue weighted by molar-refractivity contribution is 0.102. The highest BCUT2D eigenvalue weighted by atomic mass is 35.5. The predicted molar refractivity (Wildman–Crippen MR) is 97.3 cm³/mol. The van der Waals surface area contributed by atoms with Crippen molar-refractivity contribution in [2.24, 2.45) is 0 Å². The smallest absolute Gasteiger partial charge is 0.322 e. The molecule has 0 radical (unpaired) electrons. The summed E-state index contributed by atoms with van der Waals surface area (Å²) in [6.45, 7) is 0. The lowest BCUT2D eigenvalue weighted by atomic mass is 10.2. The van der Waals surface area contributed by atoms with E-state index in [1.54, 1.807) is 24.3 Å². The van der Waals surface area contributed by atoms with Crippen molar-refractivity contribution in [2.45, 2.75) is 4.90 Å². The molecule has 2 aromatic carbocycles. The van der Waals surface area contributed by atoms with E-state index in [2.05, 4.69) is 15.5 Å². The van der Waals surface area contributed by atoms with Crippen molar-refractivity contribution in [3.8, 4) is 11.5 Å². The van der Waals surface area contributed by atoms with Crippen LogP contribution in [0.4, 0.5) is 6.01 Å². The molecular weight excluding hydrogens is 401 g/mol. The predicted octanol–water partition coefficient (Wildman–Crippen LogP) is 3.70. The van der Waals surface area contributed by atoms with E-state index in [1.807, 2.05) is 0 Å². The van der Waals surface area contributed by atoms with Crippen molar-refractivity contribution in [1.29, 1.82) is 0 Å². The Hall–Kier alpha value is -2.42. The second-order valence-corrected chi connectivity index (χ2v) is 8.09. The molecule has 7 nitrogen and oxygen atoms in total. The third-order valence-electron chi connectivity index (χ3n) is 3.34. The molecule has 1 N–H and O–H groups in total. The number of aromatic nitrogens is 2. The van der Waals surface area contributed by atoms with Crippen LogP contribution in [0.15, 0.2) is 51.8 Å². The number of carbonyl (C=O) groups is 1. The van der Waals surface area contributed by atoms with Gasteiger partial charge in [0.2, 0.25) is 0 Å². The average Bonchev–Trinajstić information content (AvgIpc) is 3.04. The third kappa shape index (κ3) is 3.87. The number of nitrogens with one attached hydrogen (secondary N) is 1. The van der Waals surface area contributed by atoms with E-state index in [4.69, 9.17) is 27.6 Å². The molecule has 26 heavy (non-hydrogen) atoms. The summed E-state index contributed by atoms with van der Waals surface area (Å²) in [5.41, 5.74) is 0.374. The molecule has 0 aliphatic heterocycles. The number of carbonyl (C=O) groups excluding carboxylic acids is 1. The van der Waals surface area contributed by atoms with Gasteiger partial charge in [0.15, 0.2) is 9.84 Å². The van der Waals surface area contributed by atoms with Gasteiger partial charge < -0.3 is 4.42 Å². The van der Waals surface area contributed by atoms with E-state index >= 15 is 0 Å². The van der Waals surface area contributed by atoms with Crippen LogP contribution in [-0.2, 0) is 9.84 Å². The minimum atomic E-state index is -3.58. The van der Waals surface area contributed by atoms with E-state index in [0.29, 0.717) is 15.6 Å². The van der Waals surface area contributed by atoms with Gasteiger partial charge in [0, 0.05) is 11.3 Å². The second kappa shape index (κ2) is 7.06. The van der Waals surface area contributed by atoms with Gasteiger partial charge in [0.1, 0.15) is 0 Å². The molecule has 0 bridgehead atoms. The Morgan fingerprint density at radius 2 is 1.85 bits per heavy atom. The van der Waals surface area contributed by atoms with E-state index < -0.39 is 15.7 Å². The van der Waals surface area contributed by atoms with Crippen molar-refractivity contribution in [3.63, 3.8) is 0 Å². The summed E-state index contributed by atoms with van der Waals surface area (Å²) in [6, 6.07) is 10.3. The number of sulfone groups is 1. The van der Waals surface area contributed by atoms with Crippen molar-refractivity contribution in [3.05, 3.63) is 58.1 Å². The van der Waals surface area contributed by atoms with Crippen LogP contribution in [0, 0.1) is 0 Å². The van der Waals surface area contributed by atoms with Crippen LogP contribution < -0.4 is 5.32 Å². The summed E-state index contributed by atoms with van der Waals surface area (Å²) in [7, 11) is -3.58. The van der Waals surface area contributed by atoms with E-state index in [9.17, 15) is 13.2 Å². The van der Waals surface area contributed by atoms with Crippen molar-refractivity contribution >= 4 is 45.0 Å². The number of halogens is 2. The molecule has 3 rings (SSSR count). The molecule has 0 unspecified atom stereocenters. The highest BCUT2D eigenvalue weighted by molar-refractivity contribution is 7.90. The number of hydrogen-bond donors (Lipinski definition) is 1. The molecule has 1 aromatic heterocycles. The molecule has 0 saturated heterocycles. The van der Waals surface area contributed by atoms with Crippen LogP contribution in [0.5, 0.6) is 0 Å². The topological polar surface area (TPSA) is 102 Å². The Balaban J connectivity index is 1.89. The normalized spacial score (nSPS) is 11.3. The maximum Gasteiger partial charge on any atom is 0.322 e. The zero-order chi connectivity index (χ0) is 18.9. The summed E-state index contributed by atoms with van der Waals surface area (Å²) in [6.07, 6.45) is 1.02. The van der Waals surface area contributed by atoms with Crippen molar-refractivity contribution < 1.29 is 17.6 Å². The highest BCUT2D eigenvalue weighted by Gasteiger charge is 2.20. The Morgan fingerprint density at radius 1 is 1.12 bits per heavy atom. The van der Waals surface area contributed by atoms with Gasteiger partial charge >= 0.3 is 6.01 Å². The van der Waals surface area contributed by atoms with Crippen LogP contribution in [0.3, 0.4) is 0 Å². The number of amides is 1. The minimum Gasteiger partial charge on any atom is -0.403 e. The first-order chi connectivity index (χ1) is 12.3. The van der Waals surface area contributed by atoms with Gasteiger partial charge in [-0.2, -0.15) is 0 Å². The first-order valence-electron chi connectivity index (χ1n) is 7.15. The monoisotopic (exact) mass is 411 g/mol. The fourth-order valence-corrected chi connectivity index (χ4v) is 3.44. The molecule has 0 atom stereocenters. The zero-order valence-electron chi connectivity index (χ0n) is 13.2. The van der Waals surface area contributed by atoms with E-state index in [-0.39, 0.29) is 22.4 Å². The summed E-state index contributed by atoms with van der Waals surface area (Å²) in [5, 5.41) is 10.7. The summed E-state index contributed by atoms with van der Waals surface area (Å²) in [4.78, 5) is 12.3. The summed E-state index contributed by atoms with van der Waals surface area (Å²) >= 11 is 12.0. The standard InChI is InChI=1S/C16H11Cl2N3O4S/c1-26(23,24)13-5-3-2-4-10(13)14(22)19-16-21-20-15(25-16)11-8-9(17)6-7-12(11)18/h2-8H,1H3,(H,19,21,22). The Labute approximate surface area is 158 Å². The van der Waals surface area contributed by atoms with Crippen LogP contribution >= 0.6 is 23.2 Å². The Morgan fingerprint density at radius 3 is 2.58 bits per heavy atom. The fourth-order valence-electron chi connectivity index (χ4n) is 2.19. The molecular formula is C16H11Cl2N3O4S. The first-order valence-corrected chi connectivity index (χ1v) is 9.80. The second-order valence-electron chi connectivity index (χ2n) is 5.26. The molecule has 10 heteroatoms. The van der Waals surface area contributed by atoms with Gasteiger partial charge in [-0.05, 0) is 30.3 Å². The van der Waals surface area contributed by atoms with Gasteiger partial charge in [0.25, 0.3) is 11.8 Å². The zero-order valence-corrected chi connectivity index (χ0v) is 15.6. The highest BCUT2D eigenvalue weighted by Crippen LogP contribution is 2.30. The molecule has 0 spiro atoms. The summed E-state index contributed by atoms with van der Waals surface area (Å²) in [5.74, 6) is -0.636. The quantitative estimate of drug-likeness (QED) is 0.701. The number of hydrogen-bond acceptors (Lipinski definition) is 6. The third-order valence-corrected chi connectivity index (χ3v) is 5.06. The first kappa shape index (κ1) is 18.4. The van der Waals surface area contributed by atoms with Gasteiger partial charge in [-0.15, -0.1) is 5.10 Å². The summed E-state index contributed by atoms with van der Waals surface area (Å²) < 4.78 is 29.0. The molecule has 0 aliphatic rings. The average molecular weight is 412 g/mol.